The van der Waals surface area contributed by atoms with Crippen LogP contribution in [-0.4, -0.2) is 33.9 Å². The number of nitrogens with zero attached hydrogens (tertiary/aromatic N) is 3. The molecule has 0 radical (unpaired) electrons. The number of aromatic amines is 1. The molecule has 7 heteroatoms. The fourth-order valence-electron chi connectivity index (χ4n) is 2.21. The third kappa shape index (κ3) is 4.08. The van der Waals surface area contributed by atoms with Gasteiger partial charge in [0.05, 0.1) is 18.5 Å². The van der Waals surface area contributed by atoms with Crippen molar-refractivity contribution in [1.29, 1.82) is 0 Å². The van der Waals surface area contributed by atoms with Gasteiger partial charge in [-0.1, -0.05) is 18.2 Å². The lowest BCUT2D eigenvalue weighted by Crippen LogP contribution is -2.18. The van der Waals surface area contributed by atoms with Gasteiger partial charge in [0.15, 0.2) is 0 Å². The smallest absolute Gasteiger partial charge is 0.289 e. The molecule has 0 bridgehead atoms. The summed E-state index contributed by atoms with van der Waals surface area (Å²) in [5.41, 5.74) is 5.00. The van der Waals surface area contributed by atoms with E-state index in [2.05, 4.69) is 25.7 Å². The monoisotopic (exact) mass is 335 g/mol. The molecule has 0 atom stereocenters. The van der Waals surface area contributed by atoms with Crippen molar-refractivity contribution in [3.8, 4) is 17.0 Å². The SMILES string of the molecule is CCOc1ccccc1-c1cc(C(=O)N/N=C/c2cccnc2)[nH]n1. The van der Waals surface area contributed by atoms with Crippen molar-refractivity contribution in [2.24, 2.45) is 5.10 Å². The van der Waals surface area contributed by atoms with Crippen molar-refractivity contribution in [1.82, 2.24) is 20.6 Å². The van der Waals surface area contributed by atoms with Gasteiger partial charge in [-0.2, -0.15) is 10.2 Å². The Morgan fingerprint density at radius 2 is 2.20 bits per heavy atom. The Kier molecular flexibility index (Phi) is 5.16. The molecule has 2 N–H and O–H groups in total. The molecular formula is C18H17N5O2. The van der Waals surface area contributed by atoms with Crippen molar-refractivity contribution in [3.05, 3.63) is 66.1 Å². The highest BCUT2D eigenvalue weighted by atomic mass is 16.5. The average Bonchev–Trinajstić information content (AvgIpc) is 3.13. The maximum Gasteiger partial charge on any atom is 0.289 e. The van der Waals surface area contributed by atoms with Crippen molar-refractivity contribution < 1.29 is 9.53 Å². The second-order valence-electron chi connectivity index (χ2n) is 5.08. The standard InChI is InChI=1S/C18H17N5O2/c1-2-25-17-8-4-3-7-14(17)15-10-16(22-21-15)18(24)23-20-12-13-6-5-9-19-11-13/h3-12H,2H2,1H3,(H,21,22)(H,23,24)/b20-12+. The van der Waals surface area contributed by atoms with Gasteiger partial charge in [0.25, 0.3) is 5.91 Å². The van der Waals surface area contributed by atoms with Crippen LogP contribution < -0.4 is 10.2 Å². The Morgan fingerprint density at radius 3 is 3.00 bits per heavy atom. The van der Waals surface area contributed by atoms with Crippen LogP contribution in [0.2, 0.25) is 0 Å². The Bertz CT molecular complexity index is 874. The lowest BCUT2D eigenvalue weighted by atomic mass is 10.1. The molecule has 0 unspecified atom stereocenters. The first kappa shape index (κ1) is 16.4. The Morgan fingerprint density at radius 1 is 1.32 bits per heavy atom. The van der Waals surface area contributed by atoms with Crippen LogP contribution in [0.5, 0.6) is 5.75 Å². The number of amides is 1. The number of hydrogen-bond acceptors (Lipinski definition) is 5. The van der Waals surface area contributed by atoms with E-state index in [4.69, 9.17) is 4.74 Å². The summed E-state index contributed by atoms with van der Waals surface area (Å²) in [6, 6.07) is 12.8. The first-order chi connectivity index (χ1) is 12.3. The van der Waals surface area contributed by atoms with E-state index >= 15 is 0 Å². The van der Waals surface area contributed by atoms with Gasteiger partial charge in [0.1, 0.15) is 11.4 Å². The molecule has 3 rings (SSSR count). The number of benzene rings is 1. The molecule has 126 valence electrons. The Labute approximate surface area is 144 Å². The van der Waals surface area contributed by atoms with Gasteiger partial charge >= 0.3 is 0 Å². The molecule has 0 aliphatic carbocycles. The molecule has 7 nitrogen and oxygen atoms in total. The Balaban J connectivity index is 1.71. The van der Waals surface area contributed by atoms with Crippen LogP contribution in [0.4, 0.5) is 0 Å². The van der Waals surface area contributed by atoms with Crippen LogP contribution in [0.25, 0.3) is 11.3 Å². The van der Waals surface area contributed by atoms with E-state index in [9.17, 15) is 4.79 Å². The number of ether oxygens (including phenoxy) is 1. The predicted octanol–water partition coefficient (Wildman–Crippen LogP) is 2.63. The number of para-hydroxylation sites is 1. The van der Waals surface area contributed by atoms with Gasteiger partial charge in [-0.05, 0) is 31.2 Å². The highest BCUT2D eigenvalue weighted by Gasteiger charge is 2.13. The van der Waals surface area contributed by atoms with Gasteiger partial charge in [-0.15, -0.1) is 0 Å². The molecule has 0 aliphatic rings. The van der Waals surface area contributed by atoms with Gasteiger partial charge < -0.3 is 4.74 Å². The van der Waals surface area contributed by atoms with E-state index < -0.39 is 0 Å². The topological polar surface area (TPSA) is 92.3 Å². The summed E-state index contributed by atoms with van der Waals surface area (Å²) < 4.78 is 5.59. The van der Waals surface area contributed by atoms with E-state index in [0.29, 0.717) is 18.0 Å². The maximum absolute atomic E-state index is 12.1. The zero-order chi connectivity index (χ0) is 17.5. The van der Waals surface area contributed by atoms with Crippen LogP contribution >= 0.6 is 0 Å². The van der Waals surface area contributed by atoms with Crippen molar-refractivity contribution in [2.75, 3.05) is 6.61 Å². The molecule has 1 aromatic carbocycles. The van der Waals surface area contributed by atoms with Crippen LogP contribution in [0, 0.1) is 0 Å². The molecule has 2 aromatic heterocycles. The number of hydrogen-bond donors (Lipinski definition) is 2. The van der Waals surface area contributed by atoms with E-state index in [1.807, 2.05) is 37.3 Å². The van der Waals surface area contributed by atoms with Gasteiger partial charge in [0.2, 0.25) is 0 Å². The largest absolute Gasteiger partial charge is 0.493 e. The third-order valence-corrected chi connectivity index (χ3v) is 3.35. The van der Waals surface area contributed by atoms with Crippen LogP contribution in [-0.2, 0) is 0 Å². The summed E-state index contributed by atoms with van der Waals surface area (Å²) in [5.74, 6) is 0.339. The second kappa shape index (κ2) is 7.87. The zero-order valence-corrected chi connectivity index (χ0v) is 13.6. The predicted molar refractivity (Wildman–Crippen MR) is 94.5 cm³/mol. The lowest BCUT2D eigenvalue weighted by molar-refractivity contribution is 0.0950. The number of carbonyl (C=O) groups is 1. The van der Waals surface area contributed by atoms with E-state index in [1.54, 1.807) is 24.5 Å². The molecule has 2 heterocycles. The summed E-state index contributed by atoms with van der Waals surface area (Å²) >= 11 is 0. The minimum Gasteiger partial charge on any atom is -0.493 e. The molecule has 1 amide bonds. The molecule has 3 aromatic rings. The van der Waals surface area contributed by atoms with Crippen LogP contribution in [0.15, 0.2) is 60.0 Å². The van der Waals surface area contributed by atoms with Crippen molar-refractivity contribution in [2.45, 2.75) is 6.92 Å². The minimum atomic E-state index is -0.382. The normalized spacial score (nSPS) is 10.8. The maximum atomic E-state index is 12.1. The quantitative estimate of drug-likeness (QED) is 0.535. The number of carbonyl (C=O) groups excluding carboxylic acids is 1. The number of aromatic nitrogens is 3. The fraction of sp³-hybridized carbons (Fsp3) is 0.111. The highest BCUT2D eigenvalue weighted by molar-refractivity contribution is 5.94. The highest BCUT2D eigenvalue weighted by Crippen LogP contribution is 2.28. The van der Waals surface area contributed by atoms with Crippen molar-refractivity contribution in [3.63, 3.8) is 0 Å². The van der Waals surface area contributed by atoms with Gasteiger partial charge in [0, 0.05) is 23.5 Å². The lowest BCUT2D eigenvalue weighted by Gasteiger charge is -2.07. The van der Waals surface area contributed by atoms with Crippen molar-refractivity contribution >= 4 is 12.1 Å². The van der Waals surface area contributed by atoms with E-state index in [0.717, 1.165) is 16.9 Å². The van der Waals surface area contributed by atoms with Crippen LogP contribution in [0.3, 0.4) is 0 Å². The number of hydrazone groups is 1. The van der Waals surface area contributed by atoms with Gasteiger partial charge in [-0.3, -0.25) is 14.9 Å². The molecule has 0 aliphatic heterocycles. The zero-order valence-electron chi connectivity index (χ0n) is 13.6. The summed E-state index contributed by atoms with van der Waals surface area (Å²) in [7, 11) is 0. The summed E-state index contributed by atoms with van der Waals surface area (Å²) in [5, 5.41) is 10.8. The minimum absolute atomic E-state index is 0.310. The number of nitrogens with one attached hydrogen (secondary N) is 2. The van der Waals surface area contributed by atoms with E-state index in [-0.39, 0.29) is 5.91 Å². The average molecular weight is 335 g/mol. The molecule has 0 fully saturated rings. The number of H-pyrrole nitrogens is 1. The molecule has 0 saturated heterocycles. The summed E-state index contributed by atoms with van der Waals surface area (Å²) in [6.45, 7) is 2.47. The van der Waals surface area contributed by atoms with Gasteiger partial charge in [-0.25, -0.2) is 5.43 Å². The van der Waals surface area contributed by atoms with Crippen LogP contribution in [0.1, 0.15) is 23.0 Å². The first-order valence-corrected chi connectivity index (χ1v) is 7.79. The summed E-state index contributed by atoms with van der Waals surface area (Å²) in [4.78, 5) is 16.1. The summed E-state index contributed by atoms with van der Waals surface area (Å²) in [6.07, 6.45) is 4.84. The Hall–Kier alpha value is -3.48. The third-order valence-electron chi connectivity index (χ3n) is 3.35. The number of pyridine rings is 1. The molecule has 0 saturated carbocycles. The molecular weight excluding hydrogens is 318 g/mol. The van der Waals surface area contributed by atoms with E-state index in [1.165, 1.54) is 6.21 Å². The molecule has 0 spiro atoms. The first-order valence-electron chi connectivity index (χ1n) is 7.79. The second-order valence-corrected chi connectivity index (χ2v) is 5.08. The fourth-order valence-corrected chi connectivity index (χ4v) is 2.21. The number of rotatable bonds is 6. The molecule has 25 heavy (non-hydrogen) atoms.